The Kier molecular flexibility index (Phi) is 6.59. The van der Waals surface area contributed by atoms with Gasteiger partial charge in [-0.25, -0.2) is 0 Å². The van der Waals surface area contributed by atoms with Gasteiger partial charge in [0.15, 0.2) is 11.5 Å². The maximum Gasteiger partial charge on any atom is 0.237 e. The lowest BCUT2D eigenvalue weighted by molar-refractivity contribution is -0.135. The fraction of sp³-hybridized carbons (Fsp3) is 0.393. The van der Waals surface area contributed by atoms with Crippen molar-refractivity contribution in [3.63, 3.8) is 0 Å². The van der Waals surface area contributed by atoms with Crippen molar-refractivity contribution in [2.45, 2.75) is 25.3 Å². The second kappa shape index (κ2) is 9.94. The van der Waals surface area contributed by atoms with E-state index in [4.69, 9.17) is 14.2 Å². The van der Waals surface area contributed by atoms with Crippen LogP contribution in [-0.4, -0.2) is 62.7 Å². The van der Waals surface area contributed by atoms with Crippen molar-refractivity contribution < 1.29 is 19.0 Å². The second-order valence-corrected chi connectivity index (χ2v) is 9.03. The minimum absolute atomic E-state index is 0.161. The lowest BCUT2D eigenvalue weighted by Gasteiger charge is -2.38. The standard InChI is InChI=1S/C28H32N2O4/c1-32-26-16-21-12-15-30(28(31)18-29-13-5-6-14-29)24(23(21)17-27(26)33-2)19-34-25-11-7-9-20-8-3-4-10-22(20)25/h3-4,7-11,16-17,24H,5-6,12-15,18-19H2,1-2H3. The van der Waals surface area contributed by atoms with E-state index in [0.29, 0.717) is 31.2 Å². The van der Waals surface area contributed by atoms with Crippen molar-refractivity contribution in [2.24, 2.45) is 0 Å². The quantitative estimate of drug-likeness (QED) is 0.521. The smallest absolute Gasteiger partial charge is 0.237 e. The first-order valence-corrected chi connectivity index (χ1v) is 12.0. The summed E-state index contributed by atoms with van der Waals surface area (Å²) in [7, 11) is 3.30. The number of rotatable bonds is 7. The fourth-order valence-corrected chi connectivity index (χ4v) is 5.22. The molecule has 0 saturated carbocycles. The molecule has 0 radical (unpaired) electrons. The van der Waals surface area contributed by atoms with E-state index in [1.165, 1.54) is 18.4 Å². The molecule has 6 nitrogen and oxygen atoms in total. The second-order valence-electron chi connectivity index (χ2n) is 9.03. The monoisotopic (exact) mass is 460 g/mol. The Morgan fingerprint density at radius 2 is 1.65 bits per heavy atom. The zero-order valence-electron chi connectivity index (χ0n) is 20.0. The summed E-state index contributed by atoms with van der Waals surface area (Å²) < 4.78 is 17.5. The van der Waals surface area contributed by atoms with Crippen molar-refractivity contribution >= 4 is 16.7 Å². The maximum absolute atomic E-state index is 13.4. The third kappa shape index (κ3) is 4.42. The molecule has 0 aliphatic carbocycles. The summed E-state index contributed by atoms with van der Waals surface area (Å²) in [5, 5.41) is 2.21. The molecule has 2 aliphatic heterocycles. The molecule has 2 aliphatic rings. The Labute approximate surface area is 201 Å². The Bertz CT molecular complexity index is 1170. The first-order chi connectivity index (χ1) is 16.7. The molecule has 1 amide bonds. The molecule has 1 unspecified atom stereocenters. The molecule has 6 heteroatoms. The summed E-state index contributed by atoms with van der Waals surface area (Å²) in [6.45, 7) is 3.51. The van der Waals surface area contributed by atoms with E-state index in [2.05, 4.69) is 23.1 Å². The number of hydrogen-bond donors (Lipinski definition) is 0. The number of carbonyl (C=O) groups is 1. The zero-order valence-corrected chi connectivity index (χ0v) is 20.0. The van der Waals surface area contributed by atoms with E-state index in [0.717, 1.165) is 41.6 Å². The normalized spacial score (nSPS) is 18.1. The number of fused-ring (bicyclic) bond motifs is 2. The topological polar surface area (TPSA) is 51.2 Å². The SMILES string of the molecule is COc1cc2c(cc1OC)C(COc1cccc3ccccc13)N(C(=O)CN1CCCC1)CC2. The average molecular weight is 461 g/mol. The number of nitrogens with zero attached hydrogens (tertiary/aromatic N) is 2. The van der Waals surface area contributed by atoms with Gasteiger partial charge in [0.2, 0.25) is 5.91 Å². The molecule has 2 heterocycles. The Hall–Kier alpha value is -3.25. The first kappa shape index (κ1) is 22.5. The van der Waals surface area contributed by atoms with Crippen LogP contribution in [0.4, 0.5) is 0 Å². The minimum atomic E-state index is -0.197. The number of methoxy groups -OCH3 is 2. The molecular formula is C28H32N2O4. The highest BCUT2D eigenvalue weighted by atomic mass is 16.5. The predicted octanol–water partition coefficient (Wildman–Crippen LogP) is 4.46. The maximum atomic E-state index is 13.4. The molecule has 0 spiro atoms. The molecule has 0 N–H and O–H groups in total. The van der Waals surface area contributed by atoms with Crippen LogP contribution >= 0.6 is 0 Å². The van der Waals surface area contributed by atoms with Gasteiger partial charge in [0.25, 0.3) is 0 Å². The van der Waals surface area contributed by atoms with Crippen LogP contribution in [0.1, 0.15) is 30.0 Å². The molecule has 0 aromatic heterocycles. The van der Waals surface area contributed by atoms with Crippen molar-refractivity contribution in [1.82, 2.24) is 9.80 Å². The molecule has 5 rings (SSSR count). The third-order valence-electron chi connectivity index (χ3n) is 7.03. The molecule has 34 heavy (non-hydrogen) atoms. The summed E-state index contributed by atoms with van der Waals surface area (Å²) in [6.07, 6.45) is 3.12. The van der Waals surface area contributed by atoms with E-state index in [9.17, 15) is 4.79 Å². The zero-order chi connectivity index (χ0) is 23.5. The summed E-state index contributed by atoms with van der Waals surface area (Å²) in [6, 6.07) is 18.2. The van der Waals surface area contributed by atoms with E-state index >= 15 is 0 Å². The predicted molar refractivity (Wildman–Crippen MR) is 133 cm³/mol. The van der Waals surface area contributed by atoms with Gasteiger partial charge in [-0.05, 0) is 67.1 Å². The molecule has 1 atom stereocenters. The van der Waals surface area contributed by atoms with E-state index in [1.807, 2.05) is 41.3 Å². The summed E-state index contributed by atoms with van der Waals surface area (Å²) >= 11 is 0. The van der Waals surface area contributed by atoms with E-state index in [1.54, 1.807) is 14.2 Å². The molecule has 3 aromatic rings. The number of likely N-dealkylation sites (tertiary alicyclic amines) is 1. The number of carbonyl (C=O) groups excluding carboxylic acids is 1. The van der Waals surface area contributed by atoms with Crippen LogP contribution in [0.15, 0.2) is 54.6 Å². The molecular weight excluding hydrogens is 428 g/mol. The highest BCUT2D eigenvalue weighted by Gasteiger charge is 2.33. The van der Waals surface area contributed by atoms with Crippen molar-refractivity contribution in [3.8, 4) is 17.2 Å². The highest BCUT2D eigenvalue weighted by Crippen LogP contribution is 2.39. The number of hydrogen-bond acceptors (Lipinski definition) is 5. The summed E-state index contributed by atoms with van der Waals surface area (Å²) in [5.41, 5.74) is 2.24. The number of amides is 1. The van der Waals surface area contributed by atoms with Crippen LogP contribution < -0.4 is 14.2 Å². The molecule has 1 fully saturated rings. The largest absolute Gasteiger partial charge is 0.493 e. The Balaban J connectivity index is 1.47. The number of benzene rings is 3. The fourth-order valence-electron chi connectivity index (χ4n) is 5.22. The van der Waals surface area contributed by atoms with Gasteiger partial charge in [-0.3, -0.25) is 9.69 Å². The van der Waals surface area contributed by atoms with Gasteiger partial charge in [0.05, 0.1) is 26.8 Å². The van der Waals surface area contributed by atoms with Crippen LogP contribution in [0.5, 0.6) is 17.2 Å². The molecule has 3 aromatic carbocycles. The minimum Gasteiger partial charge on any atom is -0.493 e. The third-order valence-corrected chi connectivity index (χ3v) is 7.03. The summed E-state index contributed by atoms with van der Waals surface area (Å²) in [5.74, 6) is 2.38. The van der Waals surface area contributed by atoms with Crippen LogP contribution in [0.2, 0.25) is 0 Å². The van der Waals surface area contributed by atoms with Gasteiger partial charge >= 0.3 is 0 Å². The Morgan fingerprint density at radius 3 is 2.44 bits per heavy atom. The summed E-state index contributed by atoms with van der Waals surface area (Å²) in [4.78, 5) is 17.7. The van der Waals surface area contributed by atoms with Crippen LogP contribution in [0, 0.1) is 0 Å². The lowest BCUT2D eigenvalue weighted by Crippen LogP contribution is -2.46. The average Bonchev–Trinajstić information content (AvgIpc) is 3.39. The van der Waals surface area contributed by atoms with Gasteiger partial charge < -0.3 is 19.1 Å². The molecule has 178 valence electrons. The van der Waals surface area contributed by atoms with Gasteiger partial charge in [-0.1, -0.05) is 36.4 Å². The van der Waals surface area contributed by atoms with Crippen molar-refractivity contribution in [1.29, 1.82) is 0 Å². The first-order valence-electron chi connectivity index (χ1n) is 12.0. The Morgan fingerprint density at radius 1 is 0.912 bits per heavy atom. The van der Waals surface area contributed by atoms with E-state index in [-0.39, 0.29) is 11.9 Å². The van der Waals surface area contributed by atoms with Crippen LogP contribution in [-0.2, 0) is 11.2 Å². The van der Waals surface area contributed by atoms with Crippen molar-refractivity contribution in [2.75, 3.05) is 47.0 Å². The molecule has 1 saturated heterocycles. The van der Waals surface area contributed by atoms with Gasteiger partial charge in [-0.2, -0.15) is 0 Å². The van der Waals surface area contributed by atoms with Gasteiger partial charge in [-0.15, -0.1) is 0 Å². The lowest BCUT2D eigenvalue weighted by atomic mass is 9.92. The van der Waals surface area contributed by atoms with Crippen LogP contribution in [0.3, 0.4) is 0 Å². The van der Waals surface area contributed by atoms with Gasteiger partial charge in [0, 0.05) is 11.9 Å². The van der Waals surface area contributed by atoms with Crippen LogP contribution in [0.25, 0.3) is 10.8 Å². The molecule has 0 bridgehead atoms. The number of ether oxygens (including phenoxy) is 3. The van der Waals surface area contributed by atoms with E-state index < -0.39 is 0 Å². The highest BCUT2D eigenvalue weighted by molar-refractivity contribution is 5.88. The van der Waals surface area contributed by atoms with Crippen molar-refractivity contribution in [3.05, 3.63) is 65.7 Å². The van der Waals surface area contributed by atoms with Gasteiger partial charge in [0.1, 0.15) is 12.4 Å².